The van der Waals surface area contributed by atoms with Crippen molar-refractivity contribution in [2.75, 3.05) is 5.32 Å². The maximum Gasteiger partial charge on any atom is 0.291 e. The van der Waals surface area contributed by atoms with Crippen molar-refractivity contribution in [3.8, 4) is 6.07 Å². The molecule has 7 heteroatoms. The van der Waals surface area contributed by atoms with Crippen LogP contribution in [0, 0.1) is 17.2 Å². The summed E-state index contributed by atoms with van der Waals surface area (Å²) < 4.78 is 0. The van der Waals surface area contributed by atoms with Crippen LogP contribution in [0.25, 0.3) is 5.57 Å². The molecule has 2 aromatic rings. The molecule has 146 valence electrons. The molecule has 28 heavy (non-hydrogen) atoms. The third-order valence-electron chi connectivity index (χ3n) is 5.25. The minimum Gasteiger partial charge on any atom is -0.384 e. The van der Waals surface area contributed by atoms with Gasteiger partial charge in [0.05, 0.1) is 23.3 Å². The van der Waals surface area contributed by atoms with E-state index in [9.17, 15) is 9.90 Å². The number of nitrogens with one attached hydrogen (secondary N) is 2. The molecule has 0 saturated carbocycles. The van der Waals surface area contributed by atoms with Gasteiger partial charge >= 0.3 is 0 Å². The Morgan fingerprint density at radius 2 is 2.18 bits per heavy atom. The minimum absolute atomic E-state index is 0.0665. The van der Waals surface area contributed by atoms with Gasteiger partial charge in [-0.25, -0.2) is 9.97 Å². The Morgan fingerprint density at radius 1 is 1.43 bits per heavy atom. The fourth-order valence-corrected chi connectivity index (χ4v) is 3.41. The predicted molar refractivity (Wildman–Crippen MR) is 106 cm³/mol. The molecule has 0 radical (unpaired) electrons. The van der Waals surface area contributed by atoms with Crippen molar-refractivity contribution in [3.05, 3.63) is 46.8 Å². The van der Waals surface area contributed by atoms with E-state index in [1.54, 1.807) is 26.0 Å². The first-order valence-corrected chi connectivity index (χ1v) is 9.41. The number of aromatic nitrogens is 3. The normalized spacial score (nSPS) is 17.4. The average molecular weight is 379 g/mol. The molecule has 0 saturated heterocycles. The van der Waals surface area contributed by atoms with E-state index in [-0.39, 0.29) is 11.5 Å². The Hall–Kier alpha value is -2.98. The molecule has 0 aliphatic heterocycles. The average Bonchev–Trinajstić information content (AvgIpc) is 3.13. The first-order valence-electron chi connectivity index (χ1n) is 9.41. The number of hydrogen-bond acceptors (Lipinski definition) is 5. The van der Waals surface area contributed by atoms with Crippen LogP contribution in [0.1, 0.15) is 74.7 Å². The van der Waals surface area contributed by atoms with Gasteiger partial charge in [0.2, 0.25) is 0 Å². The summed E-state index contributed by atoms with van der Waals surface area (Å²) in [5.74, 6) is 0.0719. The van der Waals surface area contributed by atoms with Crippen LogP contribution in [0.5, 0.6) is 0 Å². The Balaban J connectivity index is 2.04. The fourth-order valence-electron chi connectivity index (χ4n) is 3.41. The number of pyridine rings is 1. The van der Waals surface area contributed by atoms with Gasteiger partial charge in [0, 0.05) is 0 Å². The van der Waals surface area contributed by atoms with Crippen LogP contribution >= 0.6 is 0 Å². The molecule has 0 aromatic carbocycles. The van der Waals surface area contributed by atoms with Gasteiger partial charge in [-0.3, -0.25) is 4.79 Å². The van der Waals surface area contributed by atoms with Gasteiger partial charge in [0.15, 0.2) is 5.82 Å². The monoisotopic (exact) mass is 379 g/mol. The van der Waals surface area contributed by atoms with Crippen molar-refractivity contribution in [3.63, 3.8) is 0 Å². The smallest absolute Gasteiger partial charge is 0.291 e. The second-order valence-electron chi connectivity index (χ2n) is 7.82. The molecule has 1 amide bonds. The molecule has 1 atom stereocenters. The van der Waals surface area contributed by atoms with E-state index < -0.39 is 11.5 Å². The third-order valence-corrected chi connectivity index (χ3v) is 5.25. The van der Waals surface area contributed by atoms with E-state index in [1.807, 2.05) is 6.07 Å². The van der Waals surface area contributed by atoms with Gasteiger partial charge < -0.3 is 15.4 Å². The molecule has 2 aromatic heterocycles. The molecule has 7 nitrogen and oxygen atoms in total. The van der Waals surface area contributed by atoms with Crippen molar-refractivity contribution in [1.29, 1.82) is 5.26 Å². The number of hydrogen-bond donors (Lipinski definition) is 3. The maximum atomic E-state index is 12.6. The SMILES string of the molecule is CC1=C(c2nc(C(C)(C)O)ccc2NC(=O)c2ncc(C#N)[nH]2)CCCC1C. The largest absolute Gasteiger partial charge is 0.384 e. The number of allylic oxidation sites excluding steroid dienone is 2. The number of aliphatic hydroxyl groups is 1. The van der Waals surface area contributed by atoms with E-state index in [4.69, 9.17) is 10.2 Å². The van der Waals surface area contributed by atoms with Crippen LogP contribution in [-0.2, 0) is 5.60 Å². The number of anilines is 1. The van der Waals surface area contributed by atoms with Gasteiger partial charge in [0.1, 0.15) is 17.4 Å². The number of aromatic amines is 1. The molecule has 1 aliphatic carbocycles. The fraction of sp³-hybridized carbons (Fsp3) is 0.429. The molecule has 0 fully saturated rings. The lowest BCUT2D eigenvalue weighted by Crippen LogP contribution is -2.21. The summed E-state index contributed by atoms with van der Waals surface area (Å²) in [6, 6.07) is 5.40. The van der Waals surface area contributed by atoms with E-state index >= 15 is 0 Å². The van der Waals surface area contributed by atoms with Crippen molar-refractivity contribution < 1.29 is 9.90 Å². The molecular weight excluding hydrogens is 354 g/mol. The van der Waals surface area contributed by atoms with Gasteiger partial charge in [0.25, 0.3) is 5.91 Å². The quantitative estimate of drug-likeness (QED) is 0.748. The summed E-state index contributed by atoms with van der Waals surface area (Å²) in [5.41, 5.74) is 3.29. The van der Waals surface area contributed by atoms with Crippen LogP contribution in [0.15, 0.2) is 23.9 Å². The lowest BCUT2D eigenvalue weighted by atomic mass is 9.83. The standard InChI is InChI=1S/C21H25N5O2/c1-12-6-5-7-15(13(12)2)18-16(8-9-17(26-18)21(3,4)28)25-20(27)19-23-11-14(10-22)24-19/h8-9,11-12,28H,5-7H2,1-4H3,(H,23,24)(H,25,27). The first-order chi connectivity index (χ1) is 13.2. The molecule has 0 bridgehead atoms. The van der Waals surface area contributed by atoms with E-state index in [0.717, 1.165) is 24.8 Å². The highest BCUT2D eigenvalue weighted by atomic mass is 16.3. The van der Waals surface area contributed by atoms with Gasteiger partial charge in [-0.15, -0.1) is 0 Å². The number of amides is 1. The maximum absolute atomic E-state index is 12.6. The van der Waals surface area contributed by atoms with Crippen molar-refractivity contribution in [2.24, 2.45) is 5.92 Å². The van der Waals surface area contributed by atoms with Crippen LogP contribution < -0.4 is 5.32 Å². The van der Waals surface area contributed by atoms with Gasteiger partial charge in [-0.2, -0.15) is 5.26 Å². The third kappa shape index (κ3) is 3.97. The van der Waals surface area contributed by atoms with Crippen molar-refractivity contribution in [2.45, 2.75) is 52.6 Å². The highest BCUT2D eigenvalue weighted by Gasteiger charge is 2.25. The van der Waals surface area contributed by atoms with Crippen LogP contribution in [-0.4, -0.2) is 26.0 Å². The molecule has 1 aliphatic rings. The molecule has 2 heterocycles. The second kappa shape index (κ2) is 7.56. The van der Waals surface area contributed by atoms with Crippen molar-refractivity contribution >= 4 is 17.2 Å². The molecule has 3 rings (SSSR count). The summed E-state index contributed by atoms with van der Waals surface area (Å²) >= 11 is 0. The van der Waals surface area contributed by atoms with Crippen LogP contribution in [0.3, 0.4) is 0 Å². The number of imidazole rings is 1. The minimum atomic E-state index is -1.09. The van der Waals surface area contributed by atoms with E-state index in [1.165, 1.54) is 11.8 Å². The van der Waals surface area contributed by atoms with Gasteiger partial charge in [-0.1, -0.05) is 12.5 Å². The van der Waals surface area contributed by atoms with Crippen LogP contribution in [0.4, 0.5) is 5.69 Å². The highest BCUT2D eigenvalue weighted by Crippen LogP contribution is 2.38. The zero-order chi connectivity index (χ0) is 20.5. The predicted octanol–water partition coefficient (Wildman–Crippen LogP) is 3.75. The summed E-state index contributed by atoms with van der Waals surface area (Å²) in [4.78, 5) is 23.9. The van der Waals surface area contributed by atoms with Gasteiger partial charge in [-0.05, 0) is 63.7 Å². The summed E-state index contributed by atoms with van der Waals surface area (Å²) in [6.07, 6.45) is 4.38. The molecule has 1 unspecified atom stereocenters. The number of H-pyrrole nitrogens is 1. The highest BCUT2D eigenvalue weighted by molar-refractivity contribution is 6.03. The van der Waals surface area contributed by atoms with E-state index in [0.29, 0.717) is 23.0 Å². The number of carbonyl (C=O) groups is 1. The molecule has 3 N–H and O–H groups in total. The summed E-state index contributed by atoms with van der Waals surface area (Å²) in [6.45, 7) is 7.68. The number of nitriles is 1. The zero-order valence-electron chi connectivity index (χ0n) is 16.6. The molecule has 0 spiro atoms. The topological polar surface area (TPSA) is 115 Å². The van der Waals surface area contributed by atoms with E-state index in [2.05, 4.69) is 29.1 Å². The lowest BCUT2D eigenvalue weighted by molar-refractivity contribution is 0.0738. The van der Waals surface area contributed by atoms with Crippen molar-refractivity contribution in [1.82, 2.24) is 15.0 Å². The number of rotatable bonds is 4. The first kappa shape index (κ1) is 19.8. The number of nitrogens with zero attached hydrogens (tertiary/aromatic N) is 3. The Morgan fingerprint density at radius 3 is 2.82 bits per heavy atom. The van der Waals surface area contributed by atoms with Crippen LogP contribution in [0.2, 0.25) is 0 Å². The second-order valence-corrected chi connectivity index (χ2v) is 7.82. The number of carbonyl (C=O) groups excluding carboxylic acids is 1. The molecular formula is C21H25N5O2. The zero-order valence-corrected chi connectivity index (χ0v) is 16.6. The summed E-state index contributed by atoms with van der Waals surface area (Å²) in [7, 11) is 0. The summed E-state index contributed by atoms with van der Waals surface area (Å²) in [5, 5.41) is 22.2. The Labute approximate surface area is 164 Å². The Kier molecular flexibility index (Phi) is 5.34. The Bertz CT molecular complexity index is 975. The lowest BCUT2D eigenvalue weighted by Gasteiger charge is -2.26.